The van der Waals surface area contributed by atoms with E-state index in [-0.39, 0.29) is 0 Å². The minimum absolute atomic E-state index is 0.634. The molecule has 3 aromatic rings. The maximum Gasteiger partial charge on any atom is 0.152 e. The fourth-order valence-electron chi connectivity index (χ4n) is 1.94. The number of nitrogen functional groups attached to an aromatic ring is 1. The van der Waals surface area contributed by atoms with E-state index in [9.17, 15) is 0 Å². The van der Waals surface area contributed by atoms with Crippen LogP contribution in [-0.2, 0) is 0 Å². The normalized spacial score (nSPS) is 10.9. The zero-order valence-electron chi connectivity index (χ0n) is 11.2. The molecule has 0 saturated heterocycles. The van der Waals surface area contributed by atoms with E-state index in [4.69, 9.17) is 10.5 Å². The van der Waals surface area contributed by atoms with Gasteiger partial charge >= 0.3 is 0 Å². The number of aromatic nitrogens is 1. The summed E-state index contributed by atoms with van der Waals surface area (Å²) in [5.74, 6) is 1.43. The van der Waals surface area contributed by atoms with Gasteiger partial charge in [0.05, 0.1) is 20.9 Å². The molecule has 2 N–H and O–H groups in total. The number of hydrogen-bond acceptors (Lipinski definition) is 5. The Kier molecular flexibility index (Phi) is 3.54. The van der Waals surface area contributed by atoms with Gasteiger partial charge in [0.15, 0.2) is 5.75 Å². The number of nitrogens with two attached hydrogens (primary N) is 1. The van der Waals surface area contributed by atoms with Crippen LogP contribution >= 0.6 is 23.1 Å². The van der Waals surface area contributed by atoms with Crippen LogP contribution in [0.1, 0.15) is 5.01 Å². The second-order valence-electron chi connectivity index (χ2n) is 4.37. The third kappa shape index (κ3) is 2.59. The number of hydrogen-bond donors (Lipinski definition) is 1. The molecule has 5 heteroatoms. The highest BCUT2D eigenvalue weighted by Gasteiger charge is 2.08. The lowest BCUT2D eigenvalue weighted by Gasteiger charge is -2.08. The fraction of sp³-hybridized carbons (Fsp3) is 0.133. The second kappa shape index (κ2) is 5.34. The second-order valence-corrected chi connectivity index (χ2v) is 6.48. The highest BCUT2D eigenvalue weighted by atomic mass is 32.2. The topological polar surface area (TPSA) is 48.1 Å². The van der Waals surface area contributed by atoms with Gasteiger partial charge in [0.25, 0.3) is 0 Å². The predicted molar refractivity (Wildman–Crippen MR) is 87.1 cm³/mol. The first-order valence-electron chi connectivity index (χ1n) is 6.14. The Hall–Kier alpha value is -1.72. The standard InChI is InChI=1S/C15H14N2OS2/c1-9-17-13-8-14(12(16)7-15(13)20-9)18-10-3-5-11(19-2)6-4-10/h3-8H,16H2,1-2H3. The van der Waals surface area contributed by atoms with Crippen LogP contribution in [0.3, 0.4) is 0 Å². The molecule has 0 aliphatic rings. The number of ether oxygens (including phenoxy) is 1. The highest BCUT2D eigenvalue weighted by Crippen LogP contribution is 2.34. The molecule has 0 atom stereocenters. The average Bonchev–Trinajstić information content (AvgIpc) is 2.79. The Morgan fingerprint density at radius 3 is 2.65 bits per heavy atom. The molecular weight excluding hydrogens is 288 g/mol. The largest absolute Gasteiger partial charge is 0.455 e. The summed E-state index contributed by atoms with van der Waals surface area (Å²) in [7, 11) is 0. The van der Waals surface area contributed by atoms with Crippen LogP contribution in [0.25, 0.3) is 10.2 Å². The molecule has 0 amide bonds. The van der Waals surface area contributed by atoms with E-state index in [2.05, 4.69) is 4.98 Å². The minimum atomic E-state index is 0.634. The molecule has 0 spiro atoms. The number of rotatable bonds is 3. The van der Waals surface area contributed by atoms with Crippen LogP contribution in [0.2, 0.25) is 0 Å². The summed E-state index contributed by atoms with van der Waals surface area (Å²) >= 11 is 3.34. The molecule has 0 radical (unpaired) electrons. The van der Waals surface area contributed by atoms with E-state index >= 15 is 0 Å². The summed E-state index contributed by atoms with van der Waals surface area (Å²) in [4.78, 5) is 5.67. The number of thiazole rings is 1. The third-order valence-corrected chi connectivity index (χ3v) is 4.59. The van der Waals surface area contributed by atoms with Crippen LogP contribution in [0.15, 0.2) is 41.3 Å². The summed E-state index contributed by atoms with van der Waals surface area (Å²) in [5, 5.41) is 1.03. The van der Waals surface area contributed by atoms with Gasteiger partial charge in [-0.1, -0.05) is 0 Å². The van der Waals surface area contributed by atoms with Gasteiger partial charge in [-0.15, -0.1) is 23.1 Å². The van der Waals surface area contributed by atoms with Crippen LogP contribution in [0, 0.1) is 6.92 Å². The first-order valence-corrected chi connectivity index (χ1v) is 8.18. The van der Waals surface area contributed by atoms with Crippen molar-refractivity contribution in [3.8, 4) is 11.5 Å². The number of aryl methyl sites for hydroxylation is 1. The maximum atomic E-state index is 6.05. The van der Waals surface area contributed by atoms with Gasteiger partial charge in [0.2, 0.25) is 0 Å². The third-order valence-electron chi connectivity index (χ3n) is 2.91. The molecule has 3 nitrogen and oxygen atoms in total. The Bertz CT molecular complexity index is 750. The smallest absolute Gasteiger partial charge is 0.152 e. The number of fused-ring (bicyclic) bond motifs is 1. The van der Waals surface area contributed by atoms with E-state index in [0.717, 1.165) is 21.0 Å². The SMILES string of the molecule is CSc1ccc(Oc2cc3nc(C)sc3cc2N)cc1. The van der Waals surface area contributed by atoms with E-state index in [1.807, 2.05) is 49.6 Å². The van der Waals surface area contributed by atoms with Crippen molar-refractivity contribution < 1.29 is 4.74 Å². The molecule has 0 bridgehead atoms. The lowest BCUT2D eigenvalue weighted by Crippen LogP contribution is -1.92. The molecule has 0 fully saturated rings. The van der Waals surface area contributed by atoms with Gasteiger partial charge in [-0.3, -0.25) is 0 Å². The molecular formula is C15H14N2OS2. The van der Waals surface area contributed by atoms with Crippen molar-refractivity contribution in [2.45, 2.75) is 11.8 Å². The fourth-order valence-corrected chi connectivity index (χ4v) is 3.21. The Morgan fingerprint density at radius 1 is 1.20 bits per heavy atom. The molecule has 1 aromatic heterocycles. The number of thioether (sulfide) groups is 1. The van der Waals surface area contributed by atoms with Crippen molar-refractivity contribution in [3.05, 3.63) is 41.4 Å². The van der Waals surface area contributed by atoms with Gasteiger partial charge in [0, 0.05) is 11.0 Å². The molecule has 20 heavy (non-hydrogen) atoms. The summed E-state index contributed by atoms with van der Waals surface area (Å²) in [6.07, 6.45) is 2.05. The molecule has 0 aliphatic carbocycles. The maximum absolute atomic E-state index is 6.05. The highest BCUT2D eigenvalue weighted by molar-refractivity contribution is 7.98. The van der Waals surface area contributed by atoms with E-state index in [1.54, 1.807) is 23.1 Å². The van der Waals surface area contributed by atoms with Crippen LogP contribution in [0.5, 0.6) is 11.5 Å². The van der Waals surface area contributed by atoms with E-state index < -0.39 is 0 Å². The van der Waals surface area contributed by atoms with E-state index in [1.165, 1.54) is 4.90 Å². The van der Waals surface area contributed by atoms with Crippen molar-refractivity contribution in [2.24, 2.45) is 0 Å². The summed E-state index contributed by atoms with van der Waals surface area (Å²) in [5.41, 5.74) is 7.61. The van der Waals surface area contributed by atoms with Gasteiger partial charge in [-0.2, -0.15) is 0 Å². The Balaban J connectivity index is 1.94. The molecule has 3 rings (SSSR count). The summed E-state index contributed by atoms with van der Waals surface area (Å²) < 4.78 is 6.94. The number of nitrogens with zero attached hydrogens (tertiary/aromatic N) is 1. The molecule has 0 aliphatic heterocycles. The lowest BCUT2D eigenvalue weighted by molar-refractivity contribution is 0.485. The number of benzene rings is 2. The number of anilines is 1. The van der Waals surface area contributed by atoms with Gasteiger partial charge in [0.1, 0.15) is 5.75 Å². The van der Waals surface area contributed by atoms with E-state index in [0.29, 0.717) is 11.4 Å². The first-order chi connectivity index (χ1) is 9.65. The van der Waals surface area contributed by atoms with Crippen molar-refractivity contribution in [3.63, 3.8) is 0 Å². The monoisotopic (exact) mass is 302 g/mol. The predicted octanol–water partition coefficient (Wildman–Crippen LogP) is 4.70. The lowest BCUT2D eigenvalue weighted by atomic mass is 10.2. The Labute approximate surface area is 125 Å². The molecule has 0 unspecified atom stereocenters. The average molecular weight is 302 g/mol. The van der Waals surface area contributed by atoms with Crippen molar-refractivity contribution in [1.29, 1.82) is 0 Å². The minimum Gasteiger partial charge on any atom is -0.455 e. The van der Waals surface area contributed by atoms with Gasteiger partial charge in [-0.25, -0.2) is 4.98 Å². The molecule has 1 heterocycles. The quantitative estimate of drug-likeness (QED) is 0.562. The summed E-state index contributed by atoms with van der Waals surface area (Å²) in [6.45, 7) is 1.99. The van der Waals surface area contributed by atoms with Crippen molar-refractivity contribution >= 4 is 39.0 Å². The van der Waals surface area contributed by atoms with Crippen molar-refractivity contribution in [2.75, 3.05) is 12.0 Å². The zero-order chi connectivity index (χ0) is 14.1. The Morgan fingerprint density at radius 2 is 1.95 bits per heavy atom. The molecule has 0 saturated carbocycles. The molecule has 102 valence electrons. The van der Waals surface area contributed by atoms with Crippen LogP contribution in [0.4, 0.5) is 5.69 Å². The first kappa shape index (κ1) is 13.3. The molecule has 2 aromatic carbocycles. The van der Waals surface area contributed by atoms with Crippen LogP contribution < -0.4 is 10.5 Å². The summed E-state index contributed by atoms with van der Waals surface area (Å²) in [6, 6.07) is 11.8. The zero-order valence-corrected chi connectivity index (χ0v) is 12.8. The van der Waals surface area contributed by atoms with Gasteiger partial charge < -0.3 is 10.5 Å². The van der Waals surface area contributed by atoms with Crippen LogP contribution in [-0.4, -0.2) is 11.2 Å². The van der Waals surface area contributed by atoms with Crippen molar-refractivity contribution in [1.82, 2.24) is 4.98 Å². The van der Waals surface area contributed by atoms with Gasteiger partial charge in [-0.05, 0) is 43.5 Å².